The summed E-state index contributed by atoms with van der Waals surface area (Å²) in [6.45, 7) is 1.98. The number of carbonyl (C=O) groups is 1. The maximum Gasteiger partial charge on any atom is 0.341 e. The van der Waals surface area contributed by atoms with Gasteiger partial charge in [0.2, 0.25) is 0 Å². The summed E-state index contributed by atoms with van der Waals surface area (Å²) in [5, 5.41) is 14.7. The molecule has 0 aliphatic carbocycles. The molecule has 0 amide bonds. The molecule has 0 aliphatic heterocycles. The maximum atomic E-state index is 11.5. The van der Waals surface area contributed by atoms with Gasteiger partial charge < -0.3 is 10.5 Å². The molecule has 0 unspecified atom stereocenters. The number of rotatable bonds is 4. The van der Waals surface area contributed by atoms with Crippen LogP contribution in [0.3, 0.4) is 0 Å². The second kappa shape index (κ2) is 5.39. The first-order chi connectivity index (χ1) is 9.52. The van der Waals surface area contributed by atoms with Crippen LogP contribution in [-0.4, -0.2) is 27.3 Å². The maximum absolute atomic E-state index is 11.5. The lowest BCUT2D eigenvalue weighted by atomic mass is 10.2. The minimum absolute atomic E-state index is 0.0284. The van der Waals surface area contributed by atoms with Crippen molar-refractivity contribution >= 4 is 17.3 Å². The minimum Gasteiger partial charge on any atom is -0.462 e. The van der Waals surface area contributed by atoms with Gasteiger partial charge in [0.1, 0.15) is 5.69 Å². The Kier molecular flexibility index (Phi) is 3.65. The van der Waals surface area contributed by atoms with Gasteiger partial charge in [-0.1, -0.05) is 0 Å². The van der Waals surface area contributed by atoms with Gasteiger partial charge in [-0.05, 0) is 19.1 Å². The number of aromatic nitrogens is 2. The molecule has 8 nitrogen and oxygen atoms in total. The number of nitro groups is 1. The van der Waals surface area contributed by atoms with Crippen molar-refractivity contribution in [3.63, 3.8) is 0 Å². The highest BCUT2D eigenvalue weighted by atomic mass is 16.6. The van der Waals surface area contributed by atoms with E-state index >= 15 is 0 Å². The lowest BCUT2D eigenvalue weighted by Crippen LogP contribution is -2.03. The summed E-state index contributed by atoms with van der Waals surface area (Å²) < 4.78 is 6.24. The molecule has 0 fully saturated rings. The molecule has 2 aromatic rings. The smallest absolute Gasteiger partial charge is 0.341 e. The Morgan fingerprint density at radius 2 is 2.30 bits per heavy atom. The van der Waals surface area contributed by atoms with Crippen LogP contribution in [0.25, 0.3) is 5.69 Å². The number of anilines is 1. The molecule has 2 rings (SSSR count). The summed E-state index contributed by atoms with van der Waals surface area (Å²) in [6, 6.07) is 4.20. The van der Waals surface area contributed by atoms with Gasteiger partial charge in [0.05, 0.1) is 29.0 Å². The molecule has 2 N–H and O–H groups in total. The van der Waals surface area contributed by atoms with E-state index in [4.69, 9.17) is 10.5 Å². The molecular formula is C12H12N4O4. The van der Waals surface area contributed by atoms with E-state index in [0.29, 0.717) is 11.3 Å². The number of nitrogens with two attached hydrogens (primary N) is 1. The summed E-state index contributed by atoms with van der Waals surface area (Å²) in [7, 11) is 0. The van der Waals surface area contributed by atoms with Crippen LogP contribution in [0.4, 0.5) is 11.4 Å². The Balaban J connectivity index is 2.31. The van der Waals surface area contributed by atoms with Crippen LogP contribution in [-0.2, 0) is 4.74 Å². The number of nitro benzene ring substituents is 1. The Labute approximate surface area is 113 Å². The fourth-order valence-electron chi connectivity index (χ4n) is 1.63. The summed E-state index contributed by atoms with van der Waals surface area (Å²) in [6.07, 6.45) is 2.83. The number of nitrogen functional groups attached to an aromatic ring is 1. The van der Waals surface area contributed by atoms with E-state index in [-0.39, 0.29) is 18.0 Å². The molecule has 1 aromatic carbocycles. The Morgan fingerprint density at radius 3 is 2.90 bits per heavy atom. The number of carbonyl (C=O) groups excluding carboxylic acids is 1. The number of nitrogens with zero attached hydrogens (tertiary/aromatic N) is 3. The molecule has 1 heterocycles. The van der Waals surface area contributed by atoms with Gasteiger partial charge >= 0.3 is 5.97 Å². The number of esters is 1. The third-order valence-corrected chi connectivity index (χ3v) is 2.57. The van der Waals surface area contributed by atoms with Gasteiger partial charge in [-0.3, -0.25) is 10.1 Å². The lowest BCUT2D eigenvalue weighted by molar-refractivity contribution is -0.383. The lowest BCUT2D eigenvalue weighted by Gasteiger charge is -2.03. The van der Waals surface area contributed by atoms with Gasteiger partial charge in [0.15, 0.2) is 0 Å². The highest BCUT2D eigenvalue weighted by Gasteiger charge is 2.14. The summed E-state index contributed by atoms with van der Waals surface area (Å²) in [5.74, 6) is -0.478. The minimum atomic E-state index is -0.563. The van der Waals surface area contributed by atoms with Crippen molar-refractivity contribution in [2.75, 3.05) is 12.3 Å². The Morgan fingerprint density at radius 1 is 1.55 bits per heavy atom. The molecule has 0 saturated heterocycles. The van der Waals surface area contributed by atoms with Crippen LogP contribution in [0.2, 0.25) is 0 Å². The van der Waals surface area contributed by atoms with Crippen molar-refractivity contribution in [1.29, 1.82) is 0 Å². The SMILES string of the molecule is CCOC(=O)c1cnn(-c2ccc([N+](=O)[O-])c(N)c2)c1. The Bertz CT molecular complexity index is 665. The Hall–Kier alpha value is -2.90. The third-order valence-electron chi connectivity index (χ3n) is 2.57. The van der Waals surface area contributed by atoms with Crippen molar-refractivity contribution in [2.45, 2.75) is 6.92 Å². The van der Waals surface area contributed by atoms with Crippen molar-refractivity contribution in [3.8, 4) is 5.69 Å². The normalized spacial score (nSPS) is 10.2. The highest BCUT2D eigenvalue weighted by Crippen LogP contribution is 2.23. The van der Waals surface area contributed by atoms with Crippen molar-refractivity contribution < 1.29 is 14.5 Å². The molecule has 0 radical (unpaired) electrons. The largest absolute Gasteiger partial charge is 0.462 e. The molecule has 20 heavy (non-hydrogen) atoms. The van der Waals surface area contributed by atoms with Crippen LogP contribution in [0, 0.1) is 10.1 Å². The summed E-state index contributed by atoms with van der Waals surface area (Å²) in [5.41, 5.74) is 6.27. The quantitative estimate of drug-likeness (QED) is 0.392. The second-order valence-electron chi connectivity index (χ2n) is 3.89. The van der Waals surface area contributed by atoms with Gasteiger partial charge in [0, 0.05) is 12.3 Å². The van der Waals surface area contributed by atoms with Gasteiger partial charge in [0.25, 0.3) is 5.69 Å². The van der Waals surface area contributed by atoms with Gasteiger partial charge in [-0.2, -0.15) is 5.10 Å². The first kappa shape index (κ1) is 13.5. The van der Waals surface area contributed by atoms with Crippen molar-refractivity contribution in [1.82, 2.24) is 9.78 Å². The average molecular weight is 276 g/mol. The molecule has 8 heteroatoms. The predicted octanol–water partition coefficient (Wildman–Crippen LogP) is 1.54. The monoisotopic (exact) mass is 276 g/mol. The predicted molar refractivity (Wildman–Crippen MR) is 70.6 cm³/mol. The van der Waals surface area contributed by atoms with E-state index < -0.39 is 10.9 Å². The molecule has 0 bridgehead atoms. The standard InChI is InChI=1S/C12H12N4O4/c1-2-20-12(17)8-6-14-15(7-8)9-3-4-11(16(18)19)10(13)5-9/h3-7H,2,13H2,1H3. The van der Waals surface area contributed by atoms with Crippen LogP contribution < -0.4 is 5.73 Å². The van der Waals surface area contributed by atoms with Crippen LogP contribution in [0.5, 0.6) is 0 Å². The third kappa shape index (κ3) is 2.58. The molecule has 0 aliphatic rings. The van der Waals surface area contributed by atoms with E-state index in [1.54, 1.807) is 6.92 Å². The van der Waals surface area contributed by atoms with Crippen molar-refractivity contribution in [2.24, 2.45) is 0 Å². The summed E-state index contributed by atoms with van der Waals surface area (Å²) in [4.78, 5) is 21.6. The van der Waals surface area contributed by atoms with E-state index in [1.807, 2.05) is 0 Å². The number of hydrogen-bond acceptors (Lipinski definition) is 6. The van der Waals surface area contributed by atoms with Crippen LogP contribution >= 0.6 is 0 Å². The molecule has 1 aromatic heterocycles. The first-order valence-corrected chi connectivity index (χ1v) is 5.79. The zero-order valence-corrected chi connectivity index (χ0v) is 10.6. The summed E-state index contributed by atoms with van der Waals surface area (Å²) >= 11 is 0. The fraction of sp³-hybridized carbons (Fsp3) is 0.167. The average Bonchev–Trinajstić information content (AvgIpc) is 2.88. The van der Waals surface area contributed by atoms with E-state index in [2.05, 4.69) is 5.10 Å². The molecular weight excluding hydrogens is 264 g/mol. The fourth-order valence-corrected chi connectivity index (χ4v) is 1.63. The first-order valence-electron chi connectivity index (χ1n) is 5.79. The molecule has 104 valence electrons. The van der Waals surface area contributed by atoms with E-state index in [0.717, 1.165) is 0 Å². The zero-order chi connectivity index (χ0) is 14.7. The van der Waals surface area contributed by atoms with E-state index in [9.17, 15) is 14.9 Å². The molecule has 0 saturated carbocycles. The topological polar surface area (TPSA) is 113 Å². The van der Waals surface area contributed by atoms with E-state index in [1.165, 1.54) is 35.3 Å². The number of benzene rings is 1. The molecule has 0 spiro atoms. The second-order valence-corrected chi connectivity index (χ2v) is 3.89. The van der Waals surface area contributed by atoms with Gasteiger partial charge in [-0.15, -0.1) is 0 Å². The number of hydrogen-bond donors (Lipinski definition) is 1. The zero-order valence-electron chi connectivity index (χ0n) is 10.6. The van der Waals surface area contributed by atoms with Crippen LogP contribution in [0.15, 0.2) is 30.6 Å². The number of ether oxygens (including phenoxy) is 1. The highest BCUT2D eigenvalue weighted by molar-refractivity contribution is 5.88. The van der Waals surface area contributed by atoms with Crippen molar-refractivity contribution in [3.05, 3.63) is 46.3 Å². The van der Waals surface area contributed by atoms with Crippen LogP contribution in [0.1, 0.15) is 17.3 Å². The van der Waals surface area contributed by atoms with Gasteiger partial charge in [-0.25, -0.2) is 9.48 Å². The molecule has 0 atom stereocenters.